The maximum Gasteiger partial charge on any atom is 0.0203 e. The van der Waals surface area contributed by atoms with Crippen LogP contribution in [0.5, 0.6) is 0 Å². The molecule has 1 fully saturated rings. The summed E-state index contributed by atoms with van der Waals surface area (Å²) in [4.78, 5) is 2.31. The summed E-state index contributed by atoms with van der Waals surface area (Å²) < 4.78 is 0. The molecule has 0 saturated carbocycles. The predicted molar refractivity (Wildman–Crippen MR) is 51.4 cm³/mol. The van der Waals surface area contributed by atoms with Crippen LogP contribution in [-0.4, -0.2) is 18.0 Å². The van der Waals surface area contributed by atoms with E-state index in [0.29, 0.717) is 0 Å². The molecule has 66 valence electrons. The minimum atomic E-state index is 0. The Morgan fingerprint density at radius 3 is 2.45 bits per heavy atom. The van der Waals surface area contributed by atoms with Gasteiger partial charge in [-0.25, -0.2) is 0 Å². The van der Waals surface area contributed by atoms with E-state index < -0.39 is 0 Å². The first-order valence-electron chi connectivity index (χ1n) is 4.10. The van der Waals surface area contributed by atoms with Crippen molar-refractivity contribution >= 4 is 0 Å². The number of rotatable bonds is 2. The molecule has 0 amide bonds. The largest absolute Gasteiger partial charge is 0.378 e. The zero-order valence-electron chi connectivity index (χ0n) is 7.01. The molecule has 1 aliphatic rings. The number of hydrogen-bond donors (Lipinski definition) is 0. The van der Waals surface area contributed by atoms with E-state index in [1.807, 2.05) is 6.20 Å². The van der Waals surface area contributed by atoms with Crippen LogP contribution in [0.1, 0.15) is 27.7 Å². The van der Waals surface area contributed by atoms with Gasteiger partial charge in [0.15, 0.2) is 0 Å². The van der Waals surface area contributed by atoms with E-state index in [0.717, 1.165) is 11.8 Å². The lowest BCUT2D eigenvalue weighted by molar-refractivity contribution is 0.374. The van der Waals surface area contributed by atoms with Crippen molar-refractivity contribution < 1.29 is 0 Å². The lowest BCUT2D eigenvalue weighted by atomic mass is 9.95. The summed E-state index contributed by atoms with van der Waals surface area (Å²) >= 11 is 0. The SMILES string of the molecule is C.C=CN1CCC(C(C)C)C1. The maximum absolute atomic E-state index is 3.76. The smallest absolute Gasteiger partial charge is 0.0203 e. The summed E-state index contributed by atoms with van der Waals surface area (Å²) in [6, 6.07) is 0. The first-order valence-corrected chi connectivity index (χ1v) is 4.10. The van der Waals surface area contributed by atoms with E-state index in [2.05, 4.69) is 25.3 Å². The molecule has 1 saturated heterocycles. The molecule has 1 rings (SSSR count). The van der Waals surface area contributed by atoms with Gasteiger partial charge in [-0.05, 0) is 24.5 Å². The minimum Gasteiger partial charge on any atom is -0.378 e. The summed E-state index contributed by atoms with van der Waals surface area (Å²) in [5.74, 6) is 1.74. The standard InChI is InChI=1S/C9H17N.CH4/c1-4-10-6-5-9(7-10)8(2)3;/h4,8-9H,1,5-7H2,2-3H3;1H4. The monoisotopic (exact) mass is 155 g/mol. The number of nitrogens with zero attached hydrogens (tertiary/aromatic N) is 1. The third kappa shape index (κ3) is 2.57. The Hall–Kier alpha value is -0.460. The molecule has 0 aromatic heterocycles. The van der Waals surface area contributed by atoms with Crippen LogP contribution in [0.25, 0.3) is 0 Å². The second kappa shape index (κ2) is 4.42. The minimum absolute atomic E-state index is 0. The summed E-state index contributed by atoms with van der Waals surface area (Å²) in [6.45, 7) is 10.8. The summed E-state index contributed by atoms with van der Waals surface area (Å²) in [5.41, 5.74) is 0. The Bertz CT molecular complexity index is 118. The van der Waals surface area contributed by atoms with Crippen LogP contribution >= 0.6 is 0 Å². The molecule has 0 bridgehead atoms. The second-order valence-corrected chi connectivity index (χ2v) is 3.47. The van der Waals surface area contributed by atoms with E-state index >= 15 is 0 Å². The highest BCUT2D eigenvalue weighted by atomic mass is 15.1. The van der Waals surface area contributed by atoms with Crippen molar-refractivity contribution in [3.8, 4) is 0 Å². The van der Waals surface area contributed by atoms with Crippen LogP contribution in [0.2, 0.25) is 0 Å². The van der Waals surface area contributed by atoms with Crippen molar-refractivity contribution in [3.63, 3.8) is 0 Å². The fourth-order valence-electron chi connectivity index (χ4n) is 1.53. The Morgan fingerprint density at radius 2 is 2.18 bits per heavy atom. The van der Waals surface area contributed by atoms with Gasteiger partial charge in [-0.3, -0.25) is 0 Å². The van der Waals surface area contributed by atoms with Gasteiger partial charge in [0, 0.05) is 13.1 Å². The van der Waals surface area contributed by atoms with Crippen LogP contribution < -0.4 is 0 Å². The Morgan fingerprint density at radius 1 is 1.55 bits per heavy atom. The van der Waals surface area contributed by atoms with Gasteiger partial charge >= 0.3 is 0 Å². The Labute approximate surface area is 71.1 Å². The number of likely N-dealkylation sites (tertiary alicyclic amines) is 1. The zero-order valence-corrected chi connectivity index (χ0v) is 7.01. The average molecular weight is 155 g/mol. The van der Waals surface area contributed by atoms with E-state index in [4.69, 9.17) is 0 Å². The third-order valence-electron chi connectivity index (χ3n) is 2.46. The molecule has 1 atom stereocenters. The summed E-state index contributed by atoms with van der Waals surface area (Å²) in [6.07, 6.45) is 3.31. The molecule has 0 N–H and O–H groups in total. The van der Waals surface area contributed by atoms with Crippen LogP contribution in [0.3, 0.4) is 0 Å². The average Bonchev–Trinajstić information content (AvgIpc) is 2.34. The molecule has 0 radical (unpaired) electrons. The lowest BCUT2D eigenvalue weighted by Crippen LogP contribution is -2.15. The van der Waals surface area contributed by atoms with Crippen molar-refractivity contribution in [1.29, 1.82) is 0 Å². The molecular weight excluding hydrogens is 134 g/mol. The zero-order chi connectivity index (χ0) is 7.56. The molecular formula is C10H21N. The van der Waals surface area contributed by atoms with Crippen molar-refractivity contribution in [3.05, 3.63) is 12.8 Å². The van der Waals surface area contributed by atoms with Gasteiger partial charge in [-0.15, -0.1) is 0 Å². The molecule has 0 spiro atoms. The highest BCUT2D eigenvalue weighted by Crippen LogP contribution is 2.23. The topological polar surface area (TPSA) is 3.24 Å². The van der Waals surface area contributed by atoms with Gasteiger partial charge in [0.2, 0.25) is 0 Å². The predicted octanol–water partition coefficient (Wildman–Crippen LogP) is 2.74. The van der Waals surface area contributed by atoms with Crippen molar-refractivity contribution in [2.24, 2.45) is 11.8 Å². The van der Waals surface area contributed by atoms with Crippen LogP contribution in [0, 0.1) is 11.8 Å². The van der Waals surface area contributed by atoms with Crippen molar-refractivity contribution in [2.75, 3.05) is 13.1 Å². The molecule has 0 aromatic rings. The van der Waals surface area contributed by atoms with Crippen molar-refractivity contribution in [2.45, 2.75) is 27.7 Å². The molecule has 1 heteroatoms. The molecule has 11 heavy (non-hydrogen) atoms. The van der Waals surface area contributed by atoms with E-state index in [1.165, 1.54) is 19.5 Å². The van der Waals surface area contributed by atoms with E-state index in [9.17, 15) is 0 Å². The van der Waals surface area contributed by atoms with Gasteiger partial charge in [0.25, 0.3) is 0 Å². The Balaban J connectivity index is 0.000001000. The quantitative estimate of drug-likeness (QED) is 0.592. The molecule has 1 unspecified atom stereocenters. The summed E-state index contributed by atoms with van der Waals surface area (Å²) in [5, 5.41) is 0. The van der Waals surface area contributed by atoms with Crippen LogP contribution in [0.15, 0.2) is 12.8 Å². The normalized spacial score (nSPS) is 23.5. The molecule has 0 aromatic carbocycles. The lowest BCUT2D eigenvalue weighted by Gasteiger charge is -2.14. The van der Waals surface area contributed by atoms with E-state index in [1.54, 1.807) is 0 Å². The van der Waals surface area contributed by atoms with Gasteiger partial charge < -0.3 is 4.90 Å². The van der Waals surface area contributed by atoms with Gasteiger partial charge in [0.05, 0.1) is 0 Å². The fourth-order valence-corrected chi connectivity index (χ4v) is 1.53. The maximum atomic E-state index is 3.76. The third-order valence-corrected chi connectivity index (χ3v) is 2.46. The second-order valence-electron chi connectivity index (χ2n) is 3.47. The molecule has 1 heterocycles. The fraction of sp³-hybridized carbons (Fsp3) is 0.800. The van der Waals surface area contributed by atoms with Crippen molar-refractivity contribution in [1.82, 2.24) is 4.90 Å². The van der Waals surface area contributed by atoms with Crippen LogP contribution in [0.4, 0.5) is 0 Å². The molecule has 1 nitrogen and oxygen atoms in total. The number of hydrogen-bond acceptors (Lipinski definition) is 1. The van der Waals surface area contributed by atoms with Gasteiger partial charge in [-0.2, -0.15) is 0 Å². The van der Waals surface area contributed by atoms with Gasteiger partial charge in [-0.1, -0.05) is 27.9 Å². The van der Waals surface area contributed by atoms with Gasteiger partial charge in [0.1, 0.15) is 0 Å². The van der Waals surface area contributed by atoms with Crippen LogP contribution in [-0.2, 0) is 0 Å². The highest BCUT2D eigenvalue weighted by Gasteiger charge is 2.21. The van der Waals surface area contributed by atoms with E-state index in [-0.39, 0.29) is 7.43 Å². The summed E-state index contributed by atoms with van der Waals surface area (Å²) in [7, 11) is 0. The first kappa shape index (κ1) is 10.5. The molecule has 0 aliphatic carbocycles. The highest BCUT2D eigenvalue weighted by molar-refractivity contribution is 4.82. The Kier molecular flexibility index (Phi) is 4.24. The first-order chi connectivity index (χ1) is 4.74. The molecule has 1 aliphatic heterocycles.